The van der Waals surface area contributed by atoms with E-state index in [-0.39, 0.29) is 5.24 Å². The molecule has 0 spiro atoms. The van der Waals surface area contributed by atoms with E-state index in [2.05, 4.69) is 23.3 Å². The molecule has 0 aromatic rings. The second kappa shape index (κ2) is 3.83. The quantitative estimate of drug-likeness (QED) is 0.511. The molecule has 4 heteroatoms. The van der Waals surface area contributed by atoms with E-state index in [0.717, 1.165) is 13.0 Å². The van der Waals surface area contributed by atoms with Gasteiger partial charge in [0.2, 0.25) is 0 Å². The lowest BCUT2D eigenvalue weighted by Gasteiger charge is -2.08. The van der Waals surface area contributed by atoms with Gasteiger partial charge in [0.25, 0.3) is 5.24 Å². The topological polar surface area (TPSA) is 41.1 Å². The van der Waals surface area contributed by atoms with Crippen LogP contribution in [0.3, 0.4) is 0 Å². The molecule has 58 valence electrons. The predicted octanol–water partition coefficient (Wildman–Crippen LogP) is 0.378. The third-order valence-corrected chi connectivity index (χ3v) is 1.82. The highest BCUT2D eigenvalue weighted by molar-refractivity contribution is 7.96. The summed E-state index contributed by atoms with van der Waals surface area (Å²) in [5.41, 5.74) is 0. The number of carbonyl (C=O) groups excluding carboxylic acids is 1. The summed E-state index contributed by atoms with van der Waals surface area (Å²) in [6.07, 6.45) is 2.38. The maximum Gasteiger partial charge on any atom is 0.276 e. The van der Waals surface area contributed by atoms with Gasteiger partial charge >= 0.3 is 0 Å². The second-order valence-electron chi connectivity index (χ2n) is 2.48. The van der Waals surface area contributed by atoms with Gasteiger partial charge in [-0.25, -0.2) is 0 Å². The molecular weight excluding hydrogens is 148 g/mol. The molecular formula is C6H12N2OS. The number of hydrogen-bond acceptors (Lipinski definition) is 2. The first-order chi connectivity index (χ1) is 4.79. The molecule has 1 heterocycles. The minimum Gasteiger partial charge on any atom is -0.346 e. The Hall–Kier alpha value is -0.220. The Balaban J connectivity index is 2.07. The Morgan fingerprint density at radius 2 is 2.60 bits per heavy atom. The molecule has 1 aliphatic rings. The number of rotatable bonds is 2. The fraction of sp³-hybridized carbons (Fsp3) is 0.833. The maximum atomic E-state index is 10.3. The lowest BCUT2D eigenvalue weighted by atomic mass is 10.2. The number of hydrogen-bond donors (Lipinski definition) is 3. The van der Waals surface area contributed by atoms with Crippen LogP contribution in [0, 0.1) is 0 Å². The zero-order valence-corrected chi connectivity index (χ0v) is 6.66. The molecule has 1 aliphatic heterocycles. The van der Waals surface area contributed by atoms with Crippen molar-refractivity contribution in [2.24, 2.45) is 0 Å². The lowest BCUT2D eigenvalue weighted by molar-refractivity contribution is 0.260. The fourth-order valence-corrected chi connectivity index (χ4v) is 1.23. The van der Waals surface area contributed by atoms with Crippen molar-refractivity contribution in [2.75, 3.05) is 13.1 Å². The number of amides is 1. The highest BCUT2D eigenvalue weighted by Crippen LogP contribution is 2.02. The molecule has 3 nitrogen and oxygen atoms in total. The lowest BCUT2D eigenvalue weighted by Crippen LogP contribution is -2.34. The molecule has 1 unspecified atom stereocenters. The van der Waals surface area contributed by atoms with Gasteiger partial charge in [-0.3, -0.25) is 4.79 Å². The highest BCUT2D eigenvalue weighted by atomic mass is 32.1. The van der Waals surface area contributed by atoms with Crippen molar-refractivity contribution in [1.82, 2.24) is 10.6 Å². The Morgan fingerprint density at radius 1 is 1.80 bits per heavy atom. The Morgan fingerprint density at radius 3 is 3.10 bits per heavy atom. The standard InChI is InChI=1S/C6H12N2OS/c9-6(10)8-4-5-2-1-3-7-5/h5,7H,1-4H2,(H2,8,9,10). The predicted molar refractivity (Wildman–Crippen MR) is 43.4 cm³/mol. The highest BCUT2D eigenvalue weighted by Gasteiger charge is 2.13. The summed E-state index contributed by atoms with van der Waals surface area (Å²) in [4.78, 5) is 10.3. The smallest absolute Gasteiger partial charge is 0.276 e. The largest absolute Gasteiger partial charge is 0.346 e. The molecule has 1 saturated heterocycles. The van der Waals surface area contributed by atoms with Gasteiger partial charge < -0.3 is 10.6 Å². The van der Waals surface area contributed by atoms with Gasteiger partial charge in [0.15, 0.2) is 0 Å². The molecule has 0 aromatic carbocycles. The van der Waals surface area contributed by atoms with E-state index < -0.39 is 0 Å². The summed E-state index contributed by atoms with van der Waals surface area (Å²) in [5.74, 6) is 0. The molecule has 0 aromatic heterocycles. The summed E-state index contributed by atoms with van der Waals surface area (Å²) in [6, 6.07) is 0.469. The number of thiol groups is 1. The van der Waals surface area contributed by atoms with Crippen LogP contribution in [0.4, 0.5) is 4.79 Å². The molecule has 1 amide bonds. The molecule has 1 rings (SSSR count). The van der Waals surface area contributed by atoms with Gasteiger partial charge in [-0.2, -0.15) is 0 Å². The molecule has 10 heavy (non-hydrogen) atoms. The molecule has 1 atom stereocenters. The van der Waals surface area contributed by atoms with Gasteiger partial charge in [-0.1, -0.05) is 12.6 Å². The van der Waals surface area contributed by atoms with Crippen LogP contribution in [0.2, 0.25) is 0 Å². The van der Waals surface area contributed by atoms with E-state index in [4.69, 9.17) is 0 Å². The molecule has 0 bridgehead atoms. The van der Waals surface area contributed by atoms with Gasteiger partial charge in [0.05, 0.1) is 0 Å². The summed E-state index contributed by atoms with van der Waals surface area (Å²) < 4.78 is 0. The van der Waals surface area contributed by atoms with Gasteiger partial charge in [-0.05, 0) is 19.4 Å². The van der Waals surface area contributed by atoms with Crippen LogP contribution in [-0.2, 0) is 0 Å². The van der Waals surface area contributed by atoms with Crippen LogP contribution in [0.15, 0.2) is 0 Å². The van der Waals surface area contributed by atoms with Crippen molar-refractivity contribution in [3.05, 3.63) is 0 Å². The van der Waals surface area contributed by atoms with E-state index in [0.29, 0.717) is 12.6 Å². The minimum absolute atomic E-state index is 0.242. The van der Waals surface area contributed by atoms with Crippen molar-refractivity contribution in [3.63, 3.8) is 0 Å². The summed E-state index contributed by atoms with van der Waals surface area (Å²) in [6.45, 7) is 1.79. The number of carbonyl (C=O) groups is 1. The van der Waals surface area contributed by atoms with Gasteiger partial charge in [0.1, 0.15) is 0 Å². The fourth-order valence-electron chi connectivity index (χ4n) is 1.14. The van der Waals surface area contributed by atoms with E-state index >= 15 is 0 Å². The zero-order chi connectivity index (χ0) is 7.40. The van der Waals surface area contributed by atoms with E-state index in [9.17, 15) is 4.79 Å². The maximum absolute atomic E-state index is 10.3. The second-order valence-corrected chi connectivity index (χ2v) is 2.89. The van der Waals surface area contributed by atoms with E-state index in [1.807, 2.05) is 0 Å². The Bertz CT molecular complexity index is 123. The third kappa shape index (κ3) is 2.58. The monoisotopic (exact) mass is 160 g/mol. The molecule has 0 saturated carbocycles. The van der Waals surface area contributed by atoms with Crippen molar-refractivity contribution in [1.29, 1.82) is 0 Å². The summed E-state index contributed by atoms with van der Waals surface area (Å²) in [5, 5.41) is 5.67. The van der Waals surface area contributed by atoms with Crippen LogP contribution >= 0.6 is 12.6 Å². The average molecular weight is 160 g/mol. The Labute approximate surface area is 66.0 Å². The summed E-state index contributed by atoms with van der Waals surface area (Å²) in [7, 11) is 0. The normalized spacial score (nSPS) is 24.7. The Kier molecular flexibility index (Phi) is 3.02. The van der Waals surface area contributed by atoms with Crippen LogP contribution < -0.4 is 10.6 Å². The van der Waals surface area contributed by atoms with Crippen LogP contribution in [0.1, 0.15) is 12.8 Å². The number of nitrogens with one attached hydrogen (secondary N) is 2. The van der Waals surface area contributed by atoms with Crippen molar-refractivity contribution in [3.8, 4) is 0 Å². The molecule has 0 aliphatic carbocycles. The average Bonchev–Trinajstić information content (AvgIpc) is 2.34. The van der Waals surface area contributed by atoms with E-state index in [1.54, 1.807) is 0 Å². The van der Waals surface area contributed by atoms with Crippen LogP contribution in [0.5, 0.6) is 0 Å². The van der Waals surface area contributed by atoms with Crippen LogP contribution in [-0.4, -0.2) is 24.4 Å². The van der Waals surface area contributed by atoms with Gasteiger partial charge in [-0.15, -0.1) is 0 Å². The summed E-state index contributed by atoms with van der Waals surface area (Å²) >= 11 is 3.59. The first-order valence-corrected chi connectivity index (χ1v) is 3.94. The molecule has 0 radical (unpaired) electrons. The van der Waals surface area contributed by atoms with Crippen molar-refractivity contribution in [2.45, 2.75) is 18.9 Å². The zero-order valence-electron chi connectivity index (χ0n) is 5.76. The third-order valence-electron chi connectivity index (χ3n) is 1.66. The minimum atomic E-state index is -0.242. The van der Waals surface area contributed by atoms with Crippen molar-refractivity contribution < 1.29 is 4.79 Å². The first-order valence-electron chi connectivity index (χ1n) is 3.49. The first kappa shape index (κ1) is 7.88. The van der Waals surface area contributed by atoms with Crippen molar-refractivity contribution >= 4 is 17.9 Å². The molecule has 1 fully saturated rings. The van der Waals surface area contributed by atoms with Gasteiger partial charge in [0, 0.05) is 12.6 Å². The molecule has 2 N–H and O–H groups in total. The van der Waals surface area contributed by atoms with E-state index in [1.165, 1.54) is 6.42 Å². The SMILES string of the molecule is O=C(S)NCC1CCCN1. The van der Waals surface area contributed by atoms with Crippen LogP contribution in [0.25, 0.3) is 0 Å².